The van der Waals surface area contributed by atoms with E-state index >= 15 is 0 Å². The molecule has 1 aromatic heterocycles. The number of aromatic nitrogens is 3. The molecule has 2 unspecified atom stereocenters. The van der Waals surface area contributed by atoms with Crippen molar-refractivity contribution in [1.29, 1.82) is 0 Å². The van der Waals surface area contributed by atoms with E-state index in [4.69, 9.17) is 0 Å². The highest BCUT2D eigenvalue weighted by Gasteiger charge is 2.30. The summed E-state index contributed by atoms with van der Waals surface area (Å²) in [4.78, 5) is 14.6. The third kappa shape index (κ3) is 4.41. The SMILES string of the molecule is CC1CN(Cc2ccccc2)CC1NC(=O)CCc1cn(C)nn1. The number of nitrogens with one attached hydrogen (secondary N) is 1. The van der Waals surface area contributed by atoms with Gasteiger partial charge in [-0.25, -0.2) is 0 Å². The predicted octanol–water partition coefficient (Wildman–Crippen LogP) is 1.38. The Morgan fingerprint density at radius 1 is 1.29 bits per heavy atom. The summed E-state index contributed by atoms with van der Waals surface area (Å²) in [5.41, 5.74) is 2.18. The van der Waals surface area contributed by atoms with Crippen molar-refractivity contribution in [3.8, 4) is 0 Å². The maximum absolute atomic E-state index is 12.2. The van der Waals surface area contributed by atoms with Gasteiger partial charge in [0, 0.05) is 51.8 Å². The molecule has 6 heteroatoms. The van der Waals surface area contributed by atoms with Crippen molar-refractivity contribution in [3.63, 3.8) is 0 Å². The molecule has 1 aliphatic heterocycles. The molecule has 2 aromatic rings. The summed E-state index contributed by atoms with van der Waals surface area (Å²) in [6.45, 7) is 5.08. The molecule has 24 heavy (non-hydrogen) atoms. The largest absolute Gasteiger partial charge is 0.352 e. The predicted molar refractivity (Wildman–Crippen MR) is 92.1 cm³/mol. The van der Waals surface area contributed by atoms with Crippen LogP contribution in [0, 0.1) is 5.92 Å². The third-order valence-corrected chi connectivity index (χ3v) is 4.54. The van der Waals surface area contributed by atoms with Crippen LogP contribution in [0.25, 0.3) is 0 Å². The minimum absolute atomic E-state index is 0.0964. The summed E-state index contributed by atoms with van der Waals surface area (Å²) in [6, 6.07) is 10.7. The van der Waals surface area contributed by atoms with Crippen LogP contribution in [0.4, 0.5) is 0 Å². The Labute approximate surface area is 142 Å². The molecule has 1 aliphatic rings. The molecule has 0 radical (unpaired) electrons. The monoisotopic (exact) mass is 327 g/mol. The minimum Gasteiger partial charge on any atom is -0.352 e. The standard InChI is InChI=1S/C18H25N5O/c1-14-10-23(11-15-6-4-3-5-7-15)13-17(14)19-18(24)9-8-16-12-22(2)21-20-16/h3-7,12,14,17H,8-11,13H2,1-2H3,(H,19,24). The molecular formula is C18H25N5O. The average Bonchev–Trinajstić information content (AvgIpc) is 3.12. The molecule has 1 N–H and O–H groups in total. The number of benzene rings is 1. The third-order valence-electron chi connectivity index (χ3n) is 4.54. The van der Waals surface area contributed by atoms with Crippen molar-refractivity contribution in [2.24, 2.45) is 13.0 Å². The van der Waals surface area contributed by atoms with E-state index in [0.29, 0.717) is 18.8 Å². The van der Waals surface area contributed by atoms with Crippen molar-refractivity contribution >= 4 is 5.91 Å². The van der Waals surface area contributed by atoms with E-state index < -0.39 is 0 Å². The van der Waals surface area contributed by atoms with Crippen LogP contribution in [0.2, 0.25) is 0 Å². The number of carbonyl (C=O) groups is 1. The first-order valence-electron chi connectivity index (χ1n) is 8.51. The summed E-state index contributed by atoms with van der Waals surface area (Å²) >= 11 is 0. The van der Waals surface area contributed by atoms with E-state index in [2.05, 4.69) is 51.7 Å². The van der Waals surface area contributed by atoms with Gasteiger partial charge in [0.15, 0.2) is 0 Å². The van der Waals surface area contributed by atoms with E-state index in [9.17, 15) is 4.79 Å². The van der Waals surface area contributed by atoms with E-state index in [-0.39, 0.29) is 11.9 Å². The molecular weight excluding hydrogens is 302 g/mol. The Kier molecular flexibility index (Phi) is 5.25. The fraction of sp³-hybridized carbons (Fsp3) is 0.500. The van der Waals surface area contributed by atoms with Gasteiger partial charge in [-0.05, 0) is 11.5 Å². The zero-order valence-corrected chi connectivity index (χ0v) is 14.4. The van der Waals surface area contributed by atoms with Gasteiger partial charge in [-0.3, -0.25) is 14.4 Å². The van der Waals surface area contributed by atoms with Gasteiger partial charge in [0.05, 0.1) is 5.69 Å². The lowest BCUT2D eigenvalue weighted by atomic mass is 10.1. The van der Waals surface area contributed by atoms with Gasteiger partial charge < -0.3 is 5.32 Å². The van der Waals surface area contributed by atoms with Crippen LogP contribution in [-0.4, -0.2) is 44.9 Å². The summed E-state index contributed by atoms with van der Waals surface area (Å²) < 4.78 is 1.66. The van der Waals surface area contributed by atoms with Crippen LogP contribution >= 0.6 is 0 Å². The van der Waals surface area contributed by atoms with E-state index in [0.717, 1.165) is 25.3 Å². The lowest BCUT2D eigenvalue weighted by molar-refractivity contribution is -0.121. The first kappa shape index (κ1) is 16.6. The normalized spacial score (nSPS) is 21.1. The van der Waals surface area contributed by atoms with Crippen molar-refractivity contribution in [3.05, 3.63) is 47.8 Å². The molecule has 0 aliphatic carbocycles. The molecule has 2 atom stereocenters. The first-order valence-corrected chi connectivity index (χ1v) is 8.51. The Bertz CT molecular complexity index is 669. The molecule has 0 spiro atoms. The molecule has 128 valence electrons. The van der Waals surface area contributed by atoms with Crippen LogP contribution in [0.3, 0.4) is 0 Å². The number of likely N-dealkylation sites (tertiary alicyclic amines) is 1. The minimum atomic E-state index is 0.0964. The highest BCUT2D eigenvalue weighted by molar-refractivity contribution is 5.76. The van der Waals surface area contributed by atoms with Gasteiger partial charge in [0.2, 0.25) is 5.91 Å². The second-order valence-corrected chi connectivity index (χ2v) is 6.71. The van der Waals surface area contributed by atoms with Gasteiger partial charge in [0.25, 0.3) is 0 Å². The number of aryl methyl sites for hydroxylation is 2. The van der Waals surface area contributed by atoms with Crippen LogP contribution in [0.15, 0.2) is 36.5 Å². The summed E-state index contributed by atoms with van der Waals surface area (Å²) in [5.74, 6) is 0.563. The van der Waals surface area contributed by atoms with E-state index in [1.807, 2.05) is 19.3 Å². The molecule has 1 amide bonds. The number of amides is 1. The zero-order valence-electron chi connectivity index (χ0n) is 14.4. The average molecular weight is 327 g/mol. The van der Waals surface area contributed by atoms with E-state index in [1.54, 1.807) is 4.68 Å². The van der Waals surface area contributed by atoms with Crippen LogP contribution in [0.5, 0.6) is 0 Å². The van der Waals surface area contributed by atoms with Crippen molar-refractivity contribution in [2.75, 3.05) is 13.1 Å². The molecule has 1 fully saturated rings. The van der Waals surface area contributed by atoms with Crippen molar-refractivity contribution < 1.29 is 4.79 Å². The fourth-order valence-electron chi connectivity index (χ4n) is 3.26. The topological polar surface area (TPSA) is 63.1 Å². The van der Waals surface area contributed by atoms with Gasteiger partial charge in [0.1, 0.15) is 0 Å². The lowest BCUT2D eigenvalue weighted by Crippen LogP contribution is -2.39. The summed E-state index contributed by atoms with van der Waals surface area (Å²) in [7, 11) is 1.83. The maximum Gasteiger partial charge on any atom is 0.220 e. The molecule has 2 heterocycles. The first-order chi connectivity index (χ1) is 11.6. The van der Waals surface area contributed by atoms with Gasteiger partial charge in [-0.15, -0.1) is 5.10 Å². The quantitative estimate of drug-likeness (QED) is 0.871. The Morgan fingerprint density at radius 3 is 2.79 bits per heavy atom. The van der Waals surface area contributed by atoms with Crippen molar-refractivity contribution in [2.45, 2.75) is 32.4 Å². The molecule has 0 saturated carbocycles. The van der Waals surface area contributed by atoms with Gasteiger partial charge >= 0.3 is 0 Å². The second-order valence-electron chi connectivity index (χ2n) is 6.71. The van der Waals surface area contributed by atoms with Gasteiger partial charge in [-0.2, -0.15) is 0 Å². The summed E-state index contributed by atoms with van der Waals surface area (Å²) in [6.07, 6.45) is 2.95. The van der Waals surface area contributed by atoms with Crippen LogP contribution < -0.4 is 5.32 Å². The van der Waals surface area contributed by atoms with Gasteiger partial charge in [-0.1, -0.05) is 42.5 Å². The Balaban J connectivity index is 1.45. The Hall–Kier alpha value is -2.21. The molecule has 1 saturated heterocycles. The number of hydrogen-bond donors (Lipinski definition) is 1. The number of nitrogens with zero attached hydrogens (tertiary/aromatic N) is 4. The molecule has 3 rings (SSSR count). The second kappa shape index (κ2) is 7.57. The molecule has 0 bridgehead atoms. The molecule has 1 aromatic carbocycles. The van der Waals surface area contributed by atoms with Crippen molar-refractivity contribution in [1.82, 2.24) is 25.2 Å². The lowest BCUT2D eigenvalue weighted by Gasteiger charge is -2.17. The summed E-state index contributed by atoms with van der Waals surface area (Å²) in [5, 5.41) is 11.1. The fourth-order valence-corrected chi connectivity index (χ4v) is 3.26. The Morgan fingerprint density at radius 2 is 2.08 bits per heavy atom. The molecule has 6 nitrogen and oxygen atoms in total. The number of hydrogen-bond acceptors (Lipinski definition) is 4. The van der Waals surface area contributed by atoms with Crippen LogP contribution in [-0.2, 0) is 24.8 Å². The highest BCUT2D eigenvalue weighted by Crippen LogP contribution is 2.19. The maximum atomic E-state index is 12.2. The highest BCUT2D eigenvalue weighted by atomic mass is 16.1. The number of rotatable bonds is 6. The number of carbonyl (C=O) groups excluding carboxylic acids is 1. The van der Waals surface area contributed by atoms with Crippen LogP contribution in [0.1, 0.15) is 24.6 Å². The zero-order chi connectivity index (χ0) is 16.9. The van der Waals surface area contributed by atoms with E-state index in [1.165, 1.54) is 5.56 Å². The smallest absolute Gasteiger partial charge is 0.220 e.